The van der Waals surface area contributed by atoms with Crippen LogP contribution >= 0.6 is 0 Å². The topological polar surface area (TPSA) is 64.1 Å². The molecule has 2 aromatic rings. The lowest BCUT2D eigenvalue weighted by molar-refractivity contribution is -0.124. The summed E-state index contributed by atoms with van der Waals surface area (Å²) in [4.78, 5) is 11.9. The molecular weight excluding hydrogens is 254 g/mol. The third-order valence-electron chi connectivity index (χ3n) is 3.21. The van der Waals surface area contributed by atoms with E-state index in [2.05, 4.69) is 15.5 Å². The van der Waals surface area contributed by atoms with Gasteiger partial charge in [0.15, 0.2) is 5.82 Å². The standard InChI is InChI=1S/C15H15N3O2/c19-15(13-7-4-10-20-13)16-14-9-8-12(17-18-14)11-5-2-1-3-6-11/h1-3,5-6,8-9,13H,4,7,10H2,(H,16,18,19). The number of benzene rings is 1. The maximum atomic E-state index is 11.9. The minimum absolute atomic E-state index is 0.149. The van der Waals surface area contributed by atoms with E-state index in [0.29, 0.717) is 12.4 Å². The Morgan fingerprint density at radius 1 is 1.15 bits per heavy atom. The van der Waals surface area contributed by atoms with E-state index in [9.17, 15) is 4.79 Å². The Balaban J connectivity index is 1.68. The molecule has 0 spiro atoms. The Labute approximate surface area is 117 Å². The van der Waals surface area contributed by atoms with Crippen molar-refractivity contribution < 1.29 is 9.53 Å². The summed E-state index contributed by atoms with van der Waals surface area (Å²) in [6, 6.07) is 13.4. The molecule has 0 saturated carbocycles. The lowest BCUT2D eigenvalue weighted by atomic mass is 10.1. The lowest BCUT2D eigenvalue weighted by Gasteiger charge is -2.09. The largest absolute Gasteiger partial charge is 0.368 e. The molecule has 5 nitrogen and oxygen atoms in total. The Bertz CT molecular complexity index is 578. The number of rotatable bonds is 3. The van der Waals surface area contributed by atoms with Crippen molar-refractivity contribution in [2.45, 2.75) is 18.9 Å². The van der Waals surface area contributed by atoms with Crippen molar-refractivity contribution in [1.82, 2.24) is 10.2 Å². The molecule has 5 heteroatoms. The highest BCUT2D eigenvalue weighted by Crippen LogP contribution is 2.17. The van der Waals surface area contributed by atoms with E-state index in [1.807, 2.05) is 36.4 Å². The van der Waals surface area contributed by atoms with Crippen LogP contribution in [0.3, 0.4) is 0 Å². The predicted octanol–water partition coefficient (Wildman–Crippen LogP) is 2.26. The van der Waals surface area contributed by atoms with E-state index in [1.54, 1.807) is 6.07 Å². The van der Waals surface area contributed by atoms with Gasteiger partial charge in [-0.15, -0.1) is 10.2 Å². The molecule has 1 N–H and O–H groups in total. The summed E-state index contributed by atoms with van der Waals surface area (Å²) in [6.07, 6.45) is 1.34. The zero-order valence-corrected chi connectivity index (χ0v) is 11.0. The second-order valence-electron chi connectivity index (χ2n) is 4.66. The Kier molecular flexibility index (Phi) is 3.69. The minimum atomic E-state index is -0.356. The summed E-state index contributed by atoms with van der Waals surface area (Å²) in [5.74, 6) is 0.300. The second-order valence-corrected chi connectivity index (χ2v) is 4.66. The van der Waals surface area contributed by atoms with Gasteiger partial charge in [-0.25, -0.2) is 0 Å². The van der Waals surface area contributed by atoms with Crippen molar-refractivity contribution in [3.8, 4) is 11.3 Å². The van der Waals surface area contributed by atoms with Crippen molar-refractivity contribution in [2.24, 2.45) is 0 Å². The van der Waals surface area contributed by atoms with Crippen molar-refractivity contribution in [2.75, 3.05) is 11.9 Å². The van der Waals surface area contributed by atoms with Crippen LogP contribution in [0.5, 0.6) is 0 Å². The van der Waals surface area contributed by atoms with Crippen LogP contribution in [-0.4, -0.2) is 28.8 Å². The molecule has 102 valence electrons. The molecular formula is C15H15N3O2. The number of nitrogens with zero attached hydrogens (tertiary/aromatic N) is 2. The first kappa shape index (κ1) is 12.7. The van der Waals surface area contributed by atoms with Gasteiger partial charge in [0.2, 0.25) is 0 Å². The second kappa shape index (κ2) is 5.79. The van der Waals surface area contributed by atoms with Gasteiger partial charge in [0.25, 0.3) is 5.91 Å². The molecule has 1 aliphatic rings. The third kappa shape index (κ3) is 2.83. The van der Waals surface area contributed by atoms with Crippen LogP contribution in [0.4, 0.5) is 5.82 Å². The van der Waals surface area contributed by atoms with Crippen molar-refractivity contribution in [3.63, 3.8) is 0 Å². The van der Waals surface area contributed by atoms with Crippen LogP contribution in [0.15, 0.2) is 42.5 Å². The number of amides is 1. The molecule has 0 radical (unpaired) electrons. The van der Waals surface area contributed by atoms with Gasteiger partial charge in [-0.2, -0.15) is 0 Å². The summed E-state index contributed by atoms with van der Waals surface area (Å²) in [7, 11) is 0. The summed E-state index contributed by atoms with van der Waals surface area (Å²) >= 11 is 0. The quantitative estimate of drug-likeness (QED) is 0.928. The molecule has 2 heterocycles. The van der Waals surface area contributed by atoms with Crippen molar-refractivity contribution in [3.05, 3.63) is 42.5 Å². The third-order valence-corrected chi connectivity index (χ3v) is 3.21. The fraction of sp³-hybridized carbons (Fsp3) is 0.267. The molecule has 1 fully saturated rings. The van der Waals surface area contributed by atoms with Crippen LogP contribution in [0.1, 0.15) is 12.8 Å². The summed E-state index contributed by atoms with van der Waals surface area (Å²) < 4.78 is 5.32. The van der Waals surface area contributed by atoms with Crippen LogP contribution in [0.2, 0.25) is 0 Å². The number of carbonyl (C=O) groups excluding carboxylic acids is 1. The predicted molar refractivity (Wildman–Crippen MR) is 75.1 cm³/mol. The molecule has 1 amide bonds. The summed E-state index contributed by atoms with van der Waals surface area (Å²) in [5.41, 5.74) is 1.78. The normalized spacial score (nSPS) is 17.9. The van der Waals surface area contributed by atoms with Crippen LogP contribution in [0, 0.1) is 0 Å². The molecule has 1 saturated heterocycles. The number of ether oxygens (including phenoxy) is 1. The molecule has 1 unspecified atom stereocenters. The van der Waals surface area contributed by atoms with Crippen LogP contribution < -0.4 is 5.32 Å². The van der Waals surface area contributed by atoms with Crippen LogP contribution in [0.25, 0.3) is 11.3 Å². The van der Waals surface area contributed by atoms with Gasteiger partial charge in [-0.1, -0.05) is 30.3 Å². The first-order valence-corrected chi connectivity index (χ1v) is 6.64. The SMILES string of the molecule is O=C(Nc1ccc(-c2ccccc2)nn1)C1CCCO1. The fourth-order valence-corrected chi connectivity index (χ4v) is 2.15. The lowest BCUT2D eigenvalue weighted by Crippen LogP contribution is -2.27. The molecule has 1 atom stereocenters. The van der Waals surface area contributed by atoms with E-state index < -0.39 is 0 Å². The summed E-state index contributed by atoms with van der Waals surface area (Å²) in [6.45, 7) is 0.650. The van der Waals surface area contributed by atoms with Crippen LogP contribution in [-0.2, 0) is 9.53 Å². The zero-order chi connectivity index (χ0) is 13.8. The van der Waals surface area contributed by atoms with Gasteiger partial charge in [-0.3, -0.25) is 4.79 Å². The van der Waals surface area contributed by atoms with E-state index in [1.165, 1.54) is 0 Å². The van der Waals surface area contributed by atoms with E-state index in [0.717, 1.165) is 24.1 Å². The van der Waals surface area contributed by atoms with Gasteiger partial charge in [0, 0.05) is 12.2 Å². The molecule has 1 aliphatic heterocycles. The zero-order valence-electron chi connectivity index (χ0n) is 11.0. The number of nitrogens with one attached hydrogen (secondary N) is 1. The maximum absolute atomic E-state index is 11.9. The Hall–Kier alpha value is -2.27. The number of aromatic nitrogens is 2. The highest BCUT2D eigenvalue weighted by Gasteiger charge is 2.23. The first-order valence-electron chi connectivity index (χ1n) is 6.64. The highest BCUT2D eigenvalue weighted by atomic mass is 16.5. The first-order chi connectivity index (χ1) is 9.83. The van der Waals surface area contributed by atoms with Gasteiger partial charge in [0.1, 0.15) is 6.10 Å². The number of anilines is 1. The Morgan fingerprint density at radius 3 is 2.65 bits per heavy atom. The molecule has 1 aromatic carbocycles. The van der Waals surface area contributed by atoms with Gasteiger partial charge in [0.05, 0.1) is 5.69 Å². The molecule has 0 aliphatic carbocycles. The number of hydrogen-bond acceptors (Lipinski definition) is 4. The highest BCUT2D eigenvalue weighted by molar-refractivity contribution is 5.93. The Morgan fingerprint density at radius 2 is 2.00 bits per heavy atom. The number of carbonyl (C=O) groups is 1. The molecule has 1 aromatic heterocycles. The van der Waals surface area contributed by atoms with Gasteiger partial charge >= 0.3 is 0 Å². The molecule has 3 rings (SSSR count). The average Bonchev–Trinajstić information content (AvgIpc) is 3.03. The van der Waals surface area contributed by atoms with Crippen molar-refractivity contribution >= 4 is 11.7 Å². The van der Waals surface area contributed by atoms with E-state index in [-0.39, 0.29) is 12.0 Å². The molecule has 20 heavy (non-hydrogen) atoms. The monoisotopic (exact) mass is 269 g/mol. The fourth-order valence-electron chi connectivity index (χ4n) is 2.15. The van der Waals surface area contributed by atoms with Crippen molar-refractivity contribution in [1.29, 1.82) is 0 Å². The minimum Gasteiger partial charge on any atom is -0.368 e. The average molecular weight is 269 g/mol. The van der Waals surface area contributed by atoms with E-state index in [4.69, 9.17) is 4.74 Å². The smallest absolute Gasteiger partial charge is 0.254 e. The summed E-state index contributed by atoms with van der Waals surface area (Å²) in [5, 5.41) is 10.9. The van der Waals surface area contributed by atoms with Gasteiger partial charge in [-0.05, 0) is 25.0 Å². The van der Waals surface area contributed by atoms with E-state index >= 15 is 0 Å². The van der Waals surface area contributed by atoms with Gasteiger partial charge < -0.3 is 10.1 Å². The molecule has 0 bridgehead atoms. The number of hydrogen-bond donors (Lipinski definition) is 1. The maximum Gasteiger partial charge on any atom is 0.254 e.